The molecule has 0 aliphatic heterocycles. The molecule has 0 aromatic rings. The van der Waals surface area contributed by atoms with E-state index in [0.717, 1.165) is 0 Å². The topological polar surface area (TPSA) is 104 Å². The number of ether oxygens (including phenoxy) is 1. The zero-order chi connectivity index (χ0) is 12.0. The van der Waals surface area contributed by atoms with Crippen LogP contribution < -0.4 is 0 Å². The number of aliphatic hydroxyl groups excluding tert-OH is 3. The molecule has 0 aromatic heterocycles. The van der Waals surface area contributed by atoms with Crippen molar-refractivity contribution in [2.75, 3.05) is 6.61 Å². The number of carbonyl (C=O) groups excluding carboxylic acids is 2. The molecule has 0 amide bonds. The van der Waals surface area contributed by atoms with Gasteiger partial charge in [0, 0.05) is 5.57 Å². The fourth-order valence-electron chi connectivity index (χ4n) is 0.729. The third-order valence-electron chi connectivity index (χ3n) is 1.64. The van der Waals surface area contributed by atoms with Gasteiger partial charge < -0.3 is 20.1 Å². The van der Waals surface area contributed by atoms with E-state index in [2.05, 4.69) is 11.3 Å². The van der Waals surface area contributed by atoms with Gasteiger partial charge in [-0.15, -0.1) is 0 Å². The van der Waals surface area contributed by atoms with Crippen LogP contribution in [-0.2, 0) is 14.3 Å². The standard InChI is InChI=1S/C9H14O6/c1-5(2)9(14)15-7(4-11)8(13)6(12)3-10/h4,6-8,10,12-13H,1,3H2,2H3/t6-,7-,8+/m1/s1. The zero-order valence-corrected chi connectivity index (χ0v) is 8.29. The van der Waals surface area contributed by atoms with Gasteiger partial charge in [-0.2, -0.15) is 0 Å². The molecule has 0 aliphatic carbocycles. The quantitative estimate of drug-likeness (QED) is 0.281. The van der Waals surface area contributed by atoms with Crippen molar-refractivity contribution < 1.29 is 29.6 Å². The summed E-state index contributed by atoms with van der Waals surface area (Å²) in [7, 11) is 0. The van der Waals surface area contributed by atoms with Gasteiger partial charge in [-0.3, -0.25) is 4.79 Å². The minimum atomic E-state index is -1.66. The molecule has 0 saturated carbocycles. The Morgan fingerprint density at radius 1 is 1.53 bits per heavy atom. The molecule has 0 heterocycles. The summed E-state index contributed by atoms with van der Waals surface area (Å²) in [6.07, 6.45) is -4.55. The van der Waals surface area contributed by atoms with E-state index in [1.54, 1.807) is 0 Å². The first-order valence-corrected chi connectivity index (χ1v) is 4.22. The van der Waals surface area contributed by atoms with E-state index >= 15 is 0 Å². The Morgan fingerprint density at radius 3 is 2.40 bits per heavy atom. The molecular weight excluding hydrogens is 204 g/mol. The first kappa shape index (κ1) is 13.8. The molecule has 0 unspecified atom stereocenters. The lowest BCUT2D eigenvalue weighted by Gasteiger charge is -2.21. The normalized spacial score (nSPS) is 16.3. The fraction of sp³-hybridized carbons (Fsp3) is 0.556. The Labute approximate surface area is 86.8 Å². The van der Waals surface area contributed by atoms with E-state index in [-0.39, 0.29) is 11.9 Å². The molecule has 0 aliphatic rings. The summed E-state index contributed by atoms with van der Waals surface area (Å²) < 4.78 is 4.52. The van der Waals surface area contributed by atoms with Gasteiger partial charge in [0.1, 0.15) is 12.2 Å². The number of hydrogen-bond donors (Lipinski definition) is 3. The average molecular weight is 218 g/mol. The van der Waals surface area contributed by atoms with E-state index in [1.807, 2.05) is 0 Å². The van der Waals surface area contributed by atoms with Gasteiger partial charge in [-0.25, -0.2) is 4.79 Å². The highest BCUT2D eigenvalue weighted by Gasteiger charge is 2.28. The monoisotopic (exact) mass is 218 g/mol. The van der Waals surface area contributed by atoms with Gasteiger partial charge in [-0.1, -0.05) is 6.58 Å². The SMILES string of the molecule is C=C(C)C(=O)O[C@H](C=O)[C@@H](O)[C@H](O)CO. The molecule has 0 fully saturated rings. The highest BCUT2D eigenvalue weighted by molar-refractivity contribution is 5.88. The van der Waals surface area contributed by atoms with Crippen molar-refractivity contribution >= 4 is 12.3 Å². The number of hydrogen-bond acceptors (Lipinski definition) is 6. The van der Waals surface area contributed by atoms with Crippen LogP contribution in [0.2, 0.25) is 0 Å². The van der Waals surface area contributed by atoms with Crippen LogP contribution in [0.5, 0.6) is 0 Å². The van der Waals surface area contributed by atoms with E-state index < -0.39 is 30.9 Å². The van der Waals surface area contributed by atoms with Crippen LogP contribution in [-0.4, -0.2) is 52.5 Å². The molecule has 0 saturated heterocycles. The van der Waals surface area contributed by atoms with Crippen LogP contribution >= 0.6 is 0 Å². The third-order valence-corrected chi connectivity index (χ3v) is 1.64. The van der Waals surface area contributed by atoms with Crippen molar-refractivity contribution in [2.45, 2.75) is 25.2 Å². The summed E-state index contributed by atoms with van der Waals surface area (Å²) in [4.78, 5) is 21.5. The van der Waals surface area contributed by atoms with Crippen molar-refractivity contribution in [1.29, 1.82) is 0 Å². The van der Waals surface area contributed by atoms with Gasteiger partial charge in [0.2, 0.25) is 0 Å². The maximum Gasteiger partial charge on any atom is 0.333 e. The fourth-order valence-corrected chi connectivity index (χ4v) is 0.729. The van der Waals surface area contributed by atoms with Crippen molar-refractivity contribution in [1.82, 2.24) is 0 Å². The molecule has 0 bridgehead atoms. The zero-order valence-electron chi connectivity index (χ0n) is 8.29. The van der Waals surface area contributed by atoms with Crippen LogP contribution in [0.15, 0.2) is 12.2 Å². The largest absolute Gasteiger partial charge is 0.448 e. The van der Waals surface area contributed by atoms with Crippen molar-refractivity contribution in [3.05, 3.63) is 12.2 Å². The molecule has 0 rings (SSSR count). The summed E-state index contributed by atoms with van der Waals surface area (Å²) in [5, 5.41) is 26.8. The minimum Gasteiger partial charge on any atom is -0.448 e. The van der Waals surface area contributed by atoms with Crippen LogP contribution in [0, 0.1) is 0 Å². The van der Waals surface area contributed by atoms with Gasteiger partial charge in [0.05, 0.1) is 6.61 Å². The minimum absolute atomic E-state index is 0.0625. The molecule has 86 valence electrons. The summed E-state index contributed by atoms with van der Waals surface area (Å²) in [5.41, 5.74) is 0.0625. The van der Waals surface area contributed by atoms with Crippen LogP contribution in [0.4, 0.5) is 0 Å². The van der Waals surface area contributed by atoms with Crippen LogP contribution in [0.3, 0.4) is 0 Å². The van der Waals surface area contributed by atoms with Crippen LogP contribution in [0.1, 0.15) is 6.92 Å². The first-order valence-electron chi connectivity index (χ1n) is 4.22. The number of aliphatic hydroxyl groups is 3. The molecule has 0 aromatic carbocycles. The molecule has 0 radical (unpaired) electrons. The summed E-state index contributed by atoms with van der Waals surface area (Å²) in [6.45, 7) is 3.92. The Kier molecular flexibility index (Phi) is 5.76. The van der Waals surface area contributed by atoms with Gasteiger partial charge >= 0.3 is 5.97 Å². The van der Waals surface area contributed by atoms with E-state index in [4.69, 9.17) is 10.2 Å². The lowest BCUT2D eigenvalue weighted by molar-refractivity contribution is -0.159. The summed E-state index contributed by atoms with van der Waals surface area (Å²) in [6, 6.07) is 0. The molecule has 3 N–H and O–H groups in total. The highest BCUT2D eigenvalue weighted by atomic mass is 16.6. The second-order valence-electron chi connectivity index (χ2n) is 3.03. The van der Waals surface area contributed by atoms with Gasteiger partial charge in [0.25, 0.3) is 0 Å². The number of esters is 1. The second-order valence-corrected chi connectivity index (χ2v) is 3.03. The Morgan fingerprint density at radius 2 is 2.07 bits per heavy atom. The molecule has 0 spiro atoms. The number of rotatable bonds is 6. The third kappa shape index (κ3) is 4.20. The molecular formula is C9H14O6. The predicted molar refractivity (Wildman–Crippen MR) is 49.9 cm³/mol. The molecule has 6 heteroatoms. The summed E-state index contributed by atoms with van der Waals surface area (Å²) >= 11 is 0. The Balaban J connectivity index is 4.43. The molecule has 3 atom stereocenters. The lowest BCUT2D eigenvalue weighted by atomic mass is 10.1. The molecule has 15 heavy (non-hydrogen) atoms. The van der Waals surface area contributed by atoms with E-state index in [1.165, 1.54) is 6.92 Å². The number of aldehydes is 1. The predicted octanol–water partition coefficient (Wildman–Crippen LogP) is -1.61. The van der Waals surface area contributed by atoms with Crippen LogP contribution in [0.25, 0.3) is 0 Å². The maximum atomic E-state index is 11.0. The van der Waals surface area contributed by atoms with E-state index in [9.17, 15) is 14.7 Å². The Bertz CT molecular complexity index is 249. The average Bonchev–Trinajstić information content (AvgIpc) is 2.23. The smallest absolute Gasteiger partial charge is 0.333 e. The highest BCUT2D eigenvalue weighted by Crippen LogP contribution is 2.05. The van der Waals surface area contributed by atoms with Gasteiger partial charge in [-0.05, 0) is 6.92 Å². The first-order chi connectivity index (χ1) is 6.93. The van der Waals surface area contributed by atoms with Gasteiger partial charge in [0.15, 0.2) is 12.4 Å². The Hall–Kier alpha value is -1.24. The van der Waals surface area contributed by atoms with E-state index in [0.29, 0.717) is 0 Å². The number of carbonyl (C=O) groups is 2. The van der Waals surface area contributed by atoms with Crippen molar-refractivity contribution in [2.24, 2.45) is 0 Å². The summed E-state index contributed by atoms with van der Waals surface area (Å²) in [5.74, 6) is -0.851. The van der Waals surface area contributed by atoms with Crippen molar-refractivity contribution in [3.63, 3.8) is 0 Å². The van der Waals surface area contributed by atoms with Crippen molar-refractivity contribution in [3.8, 4) is 0 Å². The second kappa shape index (κ2) is 6.28. The lowest BCUT2D eigenvalue weighted by Crippen LogP contribution is -2.43. The maximum absolute atomic E-state index is 11.0. The molecule has 6 nitrogen and oxygen atoms in total.